The van der Waals surface area contributed by atoms with Crippen molar-refractivity contribution in [2.75, 3.05) is 0 Å². The van der Waals surface area contributed by atoms with Gasteiger partial charge >= 0.3 is 0 Å². The molecule has 1 heterocycles. The van der Waals surface area contributed by atoms with Gasteiger partial charge in [-0.1, -0.05) is 18.2 Å². The van der Waals surface area contributed by atoms with Crippen LogP contribution in [-0.4, -0.2) is 4.57 Å². The van der Waals surface area contributed by atoms with Gasteiger partial charge in [0.1, 0.15) is 5.82 Å². The first kappa shape index (κ1) is 13.1. The van der Waals surface area contributed by atoms with E-state index in [4.69, 9.17) is 5.73 Å². The van der Waals surface area contributed by atoms with Gasteiger partial charge in [-0.05, 0) is 42.5 Å². The van der Waals surface area contributed by atoms with Crippen LogP contribution in [0.1, 0.15) is 29.3 Å². The summed E-state index contributed by atoms with van der Waals surface area (Å²) in [5.74, 6) is -0.279. The number of aromatic nitrogens is 1. The Morgan fingerprint density at radius 3 is 2.65 bits per heavy atom. The van der Waals surface area contributed by atoms with Gasteiger partial charge < -0.3 is 10.3 Å². The molecule has 1 aliphatic rings. The van der Waals surface area contributed by atoms with Crippen molar-refractivity contribution >= 4 is 0 Å². The van der Waals surface area contributed by atoms with Crippen molar-refractivity contribution in [2.45, 2.75) is 31.8 Å². The van der Waals surface area contributed by atoms with Crippen molar-refractivity contribution in [3.63, 3.8) is 0 Å². The maximum atomic E-state index is 12.9. The second-order valence-electron chi connectivity index (χ2n) is 5.27. The quantitative estimate of drug-likeness (QED) is 0.931. The molecule has 1 atom stereocenters. The van der Waals surface area contributed by atoms with Crippen LogP contribution < -0.4 is 11.3 Å². The summed E-state index contributed by atoms with van der Waals surface area (Å²) in [6, 6.07) is 9.37. The first-order valence-electron chi connectivity index (χ1n) is 6.88. The highest BCUT2D eigenvalue weighted by Gasteiger charge is 2.17. The predicted molar refractivity (Wildman–Crippen MR) is 76.1 cm³/mol. The van der Waals surface area contributed by atoms with Gasteiger partial charge in [0.25, 0.3) is 5.56 Å². The van der Waals surface area contributed by atoms with E-state index >= 15 is 0 Å². The minimum absolute atomic E-state index is 0.0109. The topological polar surface area (TPSA) is 48.0 Å². The number of hydrogen-bond acceptors (Lipinski definition) is 2. The van der Waals surface area contributed by atoms with Crippen molar-refractivity contribution in [3.8, 4) is 0 Å². The van der Waals surface area contributed by atoms with E-state index in [1.54, 1.807) is 22.8 Å². The summed E-state index contributed by atoms with van der Waals surface area (Å²) < 4.78 is 14.7. The molecule has 0 spiro atoms. The number of halogens is 1. The Bertz CT molecular complexity index is 676. The summed E-state index contributed by atoms with van der Waals surface area (Å²) in [6.07, 6.45) is 3.05. The molecule has 3 rings (SSSR count). The third kappa shape index (κ3) is 2.39. The maximum Gasteiger partial charge on any atom is 0.250 e. The average Bonchev–Trinajstić information content (AvgIpc) is 2.91. The van der Waals surface area contributed by atoms with Crippen LogP contribution >= 0.6 is 0 Å². The Morgan fingerprint density at radius 1 is 1.15 bits per heavy atom. The number of nitrogens with zero attached hydrogens (tertiary/aromatic N) is 1. The molecule has 1 aliphatic carbocycles. The molecule has 104 valence electrons. The van der Waals surface area contributed by atoms with Crippen molar-refractivity contribution in [1.29, 1.82) is 0 Å². The van der Waals surface area contributed by atoms with Crippen molar-refractivity contribution in [2.24, 2.45) is 5.73 Å². The van der Waals surface area contributed by atoms with Gasteiger partial charge in [0.15, 0.2) is 0 Å². The molecule has 0 saturated heterocycles. The highest BCUT2D eigenvalue weighted by molar-refractivity contribution is 5.26. The molecule has 1 aromatic heterocycles. The third-order valence-corrected chi connectivity index (χ3v) is 3.93. The second kappa shape index (κ2) is 5.21. The smallest absolute Gasteiger partial charge is 0.250 e. The van der Waals surface area contributed by atoms with Crippen LogP contribution in [0.3, 0.4) is 0 Å². The minimum Gasteiger partial charge on any atom is -0.322 e. The Kier molecular flexibility index (Phi) is 3.40. The standard InChI is InChI=1S/C16H17FN2O/c17-13-7-4-11(5-8-13)14(18)10-19-15-3-1-2-12(15)6-9-16(19)20/h4-9,14H,1-3,10,18H2. The number of pyridine rings is 1. The Balaban J connectivity index is 1.90. The van der Waals surface area contributed by atoms with Gasteiger partial charge in [-0.15, -0.1) is 0 Å². The van der Waals surface area contributed by atoms with Gasteiger partial charge in [0.2, 0.25) is 0 Å². The van der Waals surface area contributed by atoms with E-state index in [0.717, 1.165) is 30.5 Å². The van der Waals surface area contributed by atoms with E-state index in [1.807, 2.05) is 6.07 Å². The molecule has 1 unspecified atom stereocenters. The Morgan fingerprint density at radius 2 is 1.90 bits per heavy atom. The highest BCUT2D eigenvalue weighted by atomic mass is 19.1. The molecule has 0 amide bonds. The normalized spacial score (nSPS) is 15.1. The first-order valence-corrected chi connectivity index (χ1v) is 6.88. The minimum atomic E-state index is -0.305. The third-order valence-electron chi connectivity index (χ3n) is 3.93. The van der Waals surface area contributed by atoms with Crippen LogP contribution in [0.25, 0.3) is 0 Å². The van der Waals surface area contributed by atoms with Crippen LogP contribution in [0.4, 0.5) is 4.39 Å². The van der Waals surface area contributed by atoms with E-state index in [1.165, 1.54) is 17.7 Å². The molecule has 0 bridgehead atoms. The summed E-state index contributed by atoms with van der Waals surface area (Å²) in [4.78, 5) is 12.0. The van der Waals surface area contributed by atoms with Crippen LogP contribution in [0.2, 0.25) is 0 Å². The molecule has 2 aromatic rings. The Hall–Kier alpha value is -1.94. The summed E-state index contributed by atoms with van der Waals surface area (Å²) >= 11 is 0. The van der Waals surface area contributed by atoms with Crippen molar-refractivity contribution < 1.29 is 4.39 Å². The fourth-order valence-corrected chi connectivity index (χ4v) is 2.85. The van der Waals surface area contributed by atoms with E-state index in [0.29, 0.717) is 6.54 Å². The molecule has 20 heavy (non-hydrogen) atoms. The van der Waals surface area contributed by atoms with Gasteiger partial charge in [0, 0.05) is 24.3 Å². The highest BCUT2D eigenvalue weighted by Crippen LogP contribution is 2.21. The fraction of sp³-hybridized carbons (Fsp3) is 0.312. The fourth-order valence-electron chi connectivity index (χ4n) is 2.85. The molecule has 0 saturated carbocycles. The van der Waals surface area contributed by atoms with Crippen LogP contribution in [-0.2, 0) is 19.4 Å². The molecular weight excluding hydrogens is 255 g/mol. The molecule has 4 heteroatoms. The van der Waals surface area contributed by atoms with Gasteiger partial charge in [-0.2, -0.15) is 0 Å². The molecule has 0 aliphatic heterocycles. The Labute approximate surface area is 116 Å². The molecule has 0 fully saturated rings. The number of rotatable bonds is 3. The molecule has 2 N–H and O–H groups in total. The van der Waals surface area contributed by atoms with Gasteiger partial charge in [-0.25, -0.2) is 4.39 Å². The van der Waals surface area contributed by atoms with Crippen molar-refractivity contribution in [3.05, 3.63) is 69.4 Å². The van der Waals surface area contributed by atoms with Crippen LogP contribution in [0.5, 0.6) is 0 Å². The van der Waals surface area contributed by atoms with E-state index < -0.39 is 0 Å². The van der Waals surface area contributed by atoms with Crippen molar-refractivity contribution in [1.82, 2.24) is 4.57 Å². The van der Waals surface area contributed by atoms with E-state index in [-0.39, 0.29) is 17.4 Å². The lowest BCUT2D eigenvalue weighted by atomic mass is 10.1. The lowest BCUT2D eigenvalue weighted by Crippen LogP contribution is -2.28. The number of hydrogen-bond donors (Lipinski definition) is 1. The van der Waals surface area contributed by atoms with Crippen LogP contribution in [0.15, 0.2) is 41.2 Å². The number of aryl methyl sites for hydroxylation is 1. The summed E-state index contributed by atoms with van der Waals surface area (Å²) in [6.45, 7) is 0.438. The lowest BCUT2D eigenvalue weighted by Gasteiger charge is -2.17. The zero-order chi connectivity index (χ0) is 14.1. The second-order valence-corrected chi connectivity index (χ2v) is 5.27. The monoisotopic (exact) mass is 272 g/mol. The average molecular weight is 272 g/mol. The number of nitrogens with two attached hydrogens (primary N) is 1. The summed E-state index contributed by atoms with van der Waals surface area (Å²) in [5.41, 5.74) is 9.34. The van der Waals surface area contributed by atoms with E-state index in [9.17, 15) is 9.18 Å². The SMILES string of the molecule is NC(Cn1c2c(ccc1=O)CCC2)c1ccc(F)cc1. The number of benzene rings is 1. The predicted octanol–water partition coefficient (Wildman–Crippen LogP) is 2.18. The largest absolute Gasteiger partial charge is 0.322 e. The van der Waals surface area contributed by atoms with Gasteiger partial charge in [0.05, 0.1) is 0 Å². The molecule has 0 radical (unpaired) electrons. The van der Waals surface area contributed by atoms with Gasteiger partial charge in [-0.3, -0.25) is 4.79 Å². The lowest BCUT2D eigenvalue weighted by molar-refractivity contribution is 0.542. The molecular formula is C16H17FN2O. The number of fused-ring (bicyclic) bond motifs is 1. The zero-order valence-corrected chi connectivity index (χ0v) is 11.2. The zero-order valence-electron chi connectivity index (χ0n) is 11.2. The molecule has 1 aromatic carbocycles. The summed E-state index contributed by atoms with van der Waals surface area (Å²) in [5, 5.41) is 0. The maximum absolute atomic E-state index is 12.9. The summed E-state index contributed by atoms with van der Waals surface area (Å²) in [7, 11) is 0. The van der Waals surface area contributed by atoms with Crippen LogP contribution in [0, 0.1) is 5.82 Å². The molecule has 3 nitrogen and oxygen atoms in total. The first-order chi connectivity index (χ1) is 9.65. The van der Waals surface area contributed by atoms with E-state index in [2.05, 4.69) is 0 Å².